The number of hydrogen-bond acceptors (Lipinski definition) is 5. The zero-order valence-corrected chi connectivity index (χ0v) is 71.6. The van der Waals surface area contributed by atoms with Gasteiger partial charge in [-0.2, -0.15) is 0 Å². The molecule has 0 amide bonds. The molecular formula is C120H101N3OS. The summed E-state index contributed by atoms with van der Waals surface area (Å²) in [4.78, 5) is 7.33. The molecule has 15 aliphatic rings. The molecule has 17 aromatic rings. The zero-order chi connectivity index (χ0) is 81.8. The topological polar surface area (TPSA) is 22.9 Å². The maximum Gasteiger partial charge on any atom is 0.135 e. The fourth-order valence-electron chi connectivity index (χ4n) is 30.1. The maximum atomic E-state index is 6.19. The van der Waals surface area contributed by atoms with Crippen molar-refractivity contribution in [1.29, 1.82) is 0 Å². The number of thiophene rings is 1. The number of rotatable bonds is 10. The highest BCUT2D eigenvalue weighted by Crippen LogP contribution is 2.74. The third-order valence-electron chi connectivity index (χ3n) is 33.9. The summed E-state index contributed by atoms with van der Waals surface area (Å²) in [5.41, 5.74) is 34.3. The van der Waals surface area contributed by atoms with Gasteiger partial charge in [0.1, 0.15) is 11.2 Å². The van der Waals surface area contributed by atoms with Crippen molar-refractivity contribution in [2.45, 2.75) is 113 Å². The van der Waals surface area contributed by atoms with Crippen molar-refractivity contribution in [2.24, 2.45) is 71.0 Å². The standard InChI is InChI=1S/C40H33NO.C40H33NS.C40H35N/c2*1-2-8-29(9-3-1)41(31-15-17-39-35(24-31)33-11-5-7-13-38(33)42-39)30-14-16-37-34(23-30)32-10-4-6-12-36(32)40(37)27-19-25-18-26(21-27)22-28(40)20-25;1-3-10-29(11-4-1)30-12-9-15-34(25-30)41(33-13-5-2-6-14-33)35-18-19-39-37(26-35)36-16-7-8-17-38(36)40(39)31-21-27-20-28(23-31)24-32(40)22-27/h2*1-17,23-28H,18-22H2;1-19,25-28,31-32H,20-24H2. The molecule has 0 saturated heterocycles. The Balaban J connectivity index is 0.0000000977. The molecule has 2 aromatic heterocycles. The first-order chi connectivity index (χ1) is 61.8. The van der Waals surface area contributed by atoms with Gasteiger partial charge < -0.3 is 19.1 Å². The van der Waals surface area contributed by atoms with Gasteiger partial charge in [-0.25, -0.2) is 0 Å². The van der Waals surface area contributed by atoms with Crippen LogP contribution >= 0.6 is 11.3 Å². The Hall–Kier alpha value is -12.3. The van der Waals surface area contributed by atoms with E-state index in [0.717, 1.165) is 98.6 Å². The first-order valence-electron chi connectivity index (χ1n) is 47.1. The third-order valence-corrected chi connectivity index (χ3v) is 35.0. The van der Waals surface area contributed by atoms with Gasteiger partial charge >= 0.3 is 0 Å². The van der Waals surface area contributed by atoms with Gasteiger partial charge in [0, 0.05) is 98.4 Å². The molecule has 32 rings (SSSR count). The Kier molecular flexibility index (Phi) is 16.6. The highest BCUT2D eigenvalue weighted by Gasteiger charge is 2.65. The summed E-state index contributed by atoms with van der Waals surface area (Å²) in [6.07, 6.45) is 21.5. The van der Waals surface area contributed by atoms with Gasteiger partial charge in [-0.3, -0.25) is 0 Å². The highest BCUT2D eigenvalue weighted by molar-refractivity contribution is 7.25. The van der Waals surface area contributed by atoms with E-state index in [-0.39, 0.29) is 16.2 Å². The summed E-state index contributed by atoms with van der Waals surface area (Å²) in [5, 5.41) is 5.00. The molecule has 15 aliphatic carbocycles. The Labute approximate surface area is 737 Å². The van der Waals surface area contributed by atoms with Gasteiger partial charge in [-0.05, 0) is 379 Å². The summed E-state index contributed by atoms with van der Waals surface area (Å²) in [5.74, 6) is 10.5. The fraction of sp³-hybridized carbons (Fsp3) is 0.250. The average molecular weight is 1630 g/mol. The van der Waals surface area contributed by atoms with E-state index in [0.29, 0.717) is 0 Å². The minimum atomic E-state index is 0.198. The molecule has 12 saturated carbocycles. The van der Waals surface area contributed by atoms with E-state index in [1.807, 2.05) is 17.4 Å². The van der Waals surface area contributed by atoms with Gasteiger partial charge in [-0.15, -0.1) is 11.3 Å². The molecule has 12 bridgehead atoms. The van der Waals surface area contributed by atoms with Crippen molar-refractivity contribution >= 4 is 105 Å². The normalized spacial score (nSPS) is 26.7. The Morgan fingerprint density at radius 1 is 0.200 bits per heavy atom. The van der Waals surface area contributed by atoms with Crippen molar-refractivity contribution in [2.75, 3.05) is 14.7 Å². The molecule has 3 spiro atoms. The molecular weight excluding hydrogens is 1530 g/mol. The van der Waals surface area contributed by atoms with Crippen LogP contribution in [0.3, 0.4) is 0 Å². The molecule has 15 aromatic carbocycles. The molecule has 0 N–H and O–H groups in total. The number of para-hydroxylation sites is 4. The van der Waals surface area contributed by atoms with Gasteiger partial charge in [0.15, 0.2) is 0 Å². The van der Waals surface area contributed by atoms with Crippen LogP contribution in [-0.2, 0) is 16.2 Å². The largest absolute Gasteiger partial charge is 0.456 e. The summed E-state index contributed by atoms with van der Waals surface area (Å²) in [6.45, 7) is 0. The molecule has 4 nitrogen and oxygen atoms in total. The average Bonchev–Trinajstić information content (AvgIpc) is 1.56. The highest BCUT2D eigenvalue weighted by atomic mass is 32.1. The van der Waals surface area contributed by atoms with E-state index >= 15 is 0 Å². The van der Waals surface area contributed by atoms with Crippen LogP contribution in [-0.4, -0.2) is 0 Å². The molecule has 2 heterocycles. The lowest BCUT2D eigenvalue weighted by atomic mass is 9.43. The van der Waals surface area contributed by atoms with E-state index in [1.54, 1.807) is 33.4 Å². The van der Waals surface area contributed by atoms with E-state index < -0.39 is 0 Å². The van der Waals surface area contributed by atoms with Gasteiger partial charge in [-0.1, -0.05) is 224 Å². The lowest BCUT2D eigenvalue weighted by molar-refractivity contribution is -0.0399. The quantitative estimate of drug-likeness (QED) is 0.136. The van der Waals surface area contributed by atoms with Crippen LogP contribution in [0.2, 0.25) is 0 Å². The fourth-order valence-corrected chi connectivity index (χ4v) is 31.2. The predicted octanol–water partition coefficient (Wildman–Crippen LogP) is 32.6. The summed E-state index contributed by atoms with van der Waals surface area (Å²) in [7, 11) is 0. The van der Waals surface area contributed by atoms with E-state index in [9.17, 15) is 0 Å². The van der Waals surface area contributed by atoms with Crippen LogP contribution < -0.4 is 14.7 Å². The number of benzene rings is 15. The lowest BCUT2D eigenvalue weighted by Crippen LogP contribution is -2.55. The van der Waals surface area contributed by atoms with Crippen molar-refractivity contribution < 1.29 is 4.42 Å². The molecule has 125 heavy (non-hydrogen) atoms. The number of fused-ring (bicyclic) bond motifs is 15. The molecule has 12 fully saturated rings. The minimum absolute atomic E-state index is 0.198. The molecule has 608 valence electrons. The number of anilines is 9. The Morgan fingerprint density at radius 3 is 0.944 bits per heavy atom. The predicted molar refractivity (Wildman–Crippen MR) is 519 cm³/mol. The second-order valence-electron chi connectivity index (χ2n) is 39.8. The SMILES string of the molecule is c1ccc(-c2cccc(N(c3ccccc3)c3ccc4c(c3)-c3ccccc3C43C4CC5CC(C4)CC3C5)c2)cc1.c1ccc(N(c2ccc3c(c2)-c2ccccc2C32C3CC4CC(C3)CC2C4)c2ccc3oc4ccccc4c3c2)cc1.c1ccc(N(c2ccc3c(c2)-c2ccccc2C32C3CC4CC(C3)CC2C4)c2ccc3sc4ccccc4c3c2)cc1. The maximum absolute atomic E-state index is 6.19. The summed E-state index contributed by atoms with van der Waals surface area (Å²) >= 11 is 1.89. The summed E-state index contributed by atoms with van der Waals surface area (Å²) in [6, 6.07) is 134. The zero-order valence-electron chi connectivity index (χ0n) is 70.8. The van der Waals surface area contributed by atoms with Crippen molar-refractivity contribution in [3.8, 4) is 44.5 Å². The van der Waals surface area contributed by atoms with Crippen molar-refractivity contribution in [3.05, 3.63) is 391 Å². The molecule has 0 aliphatic heterocycles. The number of furan rings is 1. The van der Waals surface area contributed by atoms with Crippen LogP contribution in [0.4, 0.5) is 51.2 Å². The Bertz CT molecular complexity index is 6760. The van der Waals surface area contributed by atoms with E-state index in [1.165, 1.54) is 206 Å². The van der Waals surface area contributed by atoms with Crippen LogP contribution in [0, 0.1) is 71.0 Å². The second-order valence-corrected chi connectivity index (χ2v) is 40.9. The third kappa shape index (κ3) is 11.0. The van der Waals surface area contributed by atoms with Crippen molar-refractivity contribution in [3.63, 3.8) is 0 Å². The van der Waals surface area contributed by atoms with Crippen LogP contribution in [0.25, 0.3) is 86.6 Å². The van der Waals surface area contributed by atoms with Crippen molar-refractivity contribution in [1.82, 2.24) is 0 Å². The molecule has 5 heteroatoms. The Morgan fingerprint density at radius 2 is 0.504 bits per heavy atom. The van der Waals surface area contributed by atoms with E-state index in [2.05, 4.69) is 367 Å². The first-order valence-corrected chi connectivity index (χ1v) is 47.9. The van der Waals surface area contributed by atoms with Gasteiger partial charge in [0.2, 0.25) is 0 Å². The van der Waals surface area contributed by atoms with Crippen LogP contribution in [0.15, 0.2) is 362 Å². The smallest absolute Gasteiger partial charge is 0.135 e. The van der Waals surface area contributed by atoms with Gasteiger partial charge in [0.05, 0.1) is 0 Å². The second kappa shape index (κ2) is 28.4. The van der Waals surface area contributed by atoms with Crippen LogP contribution in [0.1, 0.15) is 130 Å². The first kappa shape index (κ1) is 73.1. The summed E-state index contributed by atoms with van der Waals surface area (Å²) < 4.78 is 8.89. The molecule has 0 unspecified atom stereocenters. The minimum Gasteiger partial charge on any atom is -0.456 e. The van der Waals surface area contributed by atoms with Gasteiger partial charge in [0.25, 0.3) is 0 Å². The van der Waals surface area contributed by atoms with E-state index in [4.69, 9.17) is 4.42 Å². The number of nitrogens with zero attached hydrogens (tertiary/aromatic N) is 3. The lowest BCUT2D eigenvalue weighted by Gasteiger charge is -2.61. The number of hydrogen-bond donors (Lipinski definition) is 0. The molecule has 0 atom stereocenters. The monoisotopic (exact) mass is 1630 g/mol. The van der Waals surface area contributed by atoms with Crippen LogP contribution in [0.5, 0.6) is 0 Å². The molecule has 0 radical (unpaired) electrons.